The molecule has 1 atom stereocenters. The lowest BCUT2D eigenvalue weighted by Gasteiger charge is -2.22. The first-order valence-electron chi connectivity index (χ1n) is 10.0. The highest BCUT2D eigenvalue weighted by molar-refractivity contribution is 7.19. The number of nitrogens with zero attached hydrogens (tertiary/aromatic N) is 5. The molecule has 0 amide bonds. The van der Waals surface area contributed by atoms with Crippen molar-refractivity contribution in [2.45, 2.75) is 32.7 Å². The SMILES string of the molecule is CC1CCc2c(sc3nc(-c4cccnc4)nc(N(C)Cc4ccccn4)c23)C1. The van der Waals surface area contributed by atoms with Crippen LogP contribution in [0.3, 0.4) is 0 Å². The molecule has 0 saturated carbocycles. The van der Waals surface area contributed by atoms with E-state index in [0.717, 1.165) is 46.5 Å². The van der Waals surface area contributed by atoms with Gasteiger partial charge < -0.3 is 4.90 Å². The predicted octanol–water partition coefficient (Wildman–Crippen LogP) is 4.91. The molecule has 5 nitrogen and oxygen atoms in total. The average Bonchev–Trinajstić information content (AvgIpc) is 3.11. The van der Waals surface area contributed by atoms with E-state index in [1.54, 1.807) is 6.20 Å². The van der Waals surface area contributed by atoms with E-state index in [0.29, 0.717) is 6.54 Å². The summed E-state index contributed by atoms with van der Waals surface area (Å²) in [7, 11) is 2.10. The van der Waals surface area contributed by atoms with Crippen molar-refractivity contribution in [3.63, 3.8) is 0 Å². The van der Waals surface area contributed by atoms with E-state index in [1.807, 2.05) is 48.0 Å². The highest BCUT2D eigenvalue weighted by Crippen LogP contribution is 2.41. The summed E-state index contributed by atoms with van der Waals surface area (Å²) in [5.41, 5.74) is 3.42. The summed E-state index contributed by atoms with van der Waals surface area (Å²) in [4.78, 5) is 23.5. The Labute approximate surface area is 174 Å². The summed E-state index contributed by atoms with van der Waals surface area (Å²) < 4.78 is 0. The number of aromatic nitrogens is 4. The Kier molecular flexibility index (Phi) is 4.72. The summed E-state index contributed by atoms with van der Waals surface area (Å²) >= 11 is 1.84. The molecule has 0 bridgehead atoms. The molecule has 0 aliphatic heterocycles. The first-order valence-corrected chi connectivity index (χ1v) is 10.8. The maximum absolute atomic E-state index is 5.02. The lowest BCUT2D eigenvalue weighted by Crippen LogP contribution is -2.20. The number of rotatable bonds is 4. The van der Waals surface area contributed by atoms with Crippen molar-refractivity contribution in [3.05, 3.63) is 65.1 Å². The largest absolute Gasteiger partial charge is 0.353 e. The van der Waals surface area contributed by atoms with Crippen molar-refractivity contribution in [3.8, 4) is 11.4 Å². The second kappa shape index (κ2) is 7.52. The molecule has 29 heavy (non-hydrogen) atoms. The summed E-state index contributed by atoms with van der Waals surface area (Å²) in [5.74, 6) is 2.46. The fourth-order valence-corrected chi connectivity index (χ4v) is 5.41. The van der Waals surface area contributed by atoms with Gasteiger partial charge in [-0.05, 0) is 55.0 Å². The molecule has 0 aromatic carbocycles. The Morgan fingerprint density at radius 3 is 2.86 bits per heavy atom. The van der Waals surface area contributed by atoms with Gasteiger partial charge in [-0.2, -0.15) is 0 Å². The van der Waals surface area contributed by atoms with E-state index in [9.17, 15) is 0 Å². The first-order chi connectivity index (χ1) is 14.2. The zero-order valence-electron chi connectivity index (χ0n) is 16.7. The van der Waals surface area contributed by atoms with Gasteiger partial charge in [0.1, 0.15) is 10.6 Å². The fraction of sp³-hybridized carbons (Fsp3) is 0.304. The van der Waals surface area contributed by atoms with Crippen molar-refractivity contribution in [1.29, 1.82) is 0 Å². The number of hydrogen-bond acceptors (Lipinski definition) is 6. The number of aryl methyl sites for hydroxylation is 1. The van der Waals surface area contributed by atoms with Gasteiger partial charge in [-0.15, -0.1) is 11.3 Å². The zero-order chi connectivity index (χ0) is 19.8. The molecular weight excluding hydrogens is 378 g/mol. The van der Waals surface area contributed by atoms with Crippen LogP contribution in [0.5, 0.6) is 0 Å². The lowest BCUT2D eigenvalue weighted by atomic mass is 9.89. The Hall–Kier alpha value is -2.86. The Bertz CT molecular complexity index is 1140. The molecule has 4 aromatic rings. The van der Waals surface area contributed by atoms with Crippen LogP contribution in [0.2, 0.25) is 0 Å². The standard InChI is InChI=1S/C23H23N5S/c1-15-8-9-18-19(12-15)29-23-20(18)22(28(2)14-17-7-3-4-11-25-17)26-21(27-23)16-6-5-10-24-13-16/h3-7,10-11,13,15H,8-9,12,14H2,1-2H3. The molecular formula is C23H23N5S. The average molecular weight is 402 g/mol. The first kappa shape index (κ1) is 18.2. The molecule has 5 rings (SSSR count). The van der Waals surface area contributed by atoms with Gasteiger partial charge in [-0.25, -0.2) is 9.97 Å². The van der Waals surface area contributed by atoms with Crippen molar-refractivity contribution in [2.75, 3.05) is 11.9 Å². The zero-order valence-corrected chi connectivity index (χ0v) is 17.5. The lowest BCUT2D eigenvalue weighted by molar-refractivity contribution is 0.509. The summed E-state index contributed by atoms with van der Waals surface area (Å²) in [6, 6.07) is 9.99. The van der Waals surface area contributed by atoms with Gasteiger partial charge >= 0.3 is 0 Å². The number of thiophene rings is 1. The van der Waals surface area contributed by atoms with Crippen LogP contribution in [0.4, 0.5) is 5.82 Å². The van der Waals surface area contributed by atoms with E-state index in [2.05, 4.69) is 34.9 Å². The topological polar surface area (TPSA) is 54.8 Å². The van der Waals surface area contributed by atoms with Gasteiger partial charge in [0, 0.05) is 36.1 Å². The molecule has 1 aliphatic rings. The molecule has 1 unspecified atom stereocenters. The summed E-state index contributed by atoms with van der Waals surface area (Å²) in [6.45, 7) is 3.05. The van der Waals surface area contributed by atoms with E-state index in [-0.39, 0.29) is 0 Å². The van der Waals surface area contributed by atoms with E-state index in [1.165, 1.54) is 22.2 Å². The van der Waals surface area contributed by atoms with Crippen molar-refractivity contribution in [2.24, 2.45) is 5.92 Å². The Morgan fingerprint density at radius 2 is 2.07 bits per heavy atom. The number of anilines is 1. The van der Waals surface area contributed by atoms with Crippen LogP contribution in [0, 0.1) is 5.92 Å². The maximum atomic E-state index is 5.02. The van der Waals surface area contributed by atoms with Gasteiger partial charge in [-0.3, -0.25) is 9.97 Å². The molecule has 4 heterocycles. The van der Waals surface area contributed by atoms with Crippen LogP contribution in [-0.2, 0) is 19.4 Å². The van der Waals surface area contributed by atoms with Crippen LogP contribution in [0.15, 0.2) is 48.9 Å². The third-order valence-corrected chi connectivity index (χ3v) is 6.69. The summed E-state index contributed by atoms with van der Waals surface area (Å²) in [6.07, 6.45) is 8.93. The molecule has 0 saturated heterocycles. The van der Waals surface area contributed by atoms with Gasteiger partial charge in [0.25, 0.3) is 0 Å². The van der Waals surface area contributed by atoms with Gasteiger partial charge in [0.05, 0.1) is 17.6 Å². The van der Waals surface area contributed by atoms with Gasteiger partial charge in [-0.1, -0.05) is 13.0 Å². The van der Waals surface area contributed by atoms with E-state index < -0.39 is 0 Å². The van der Waals surface area contributed by atoms with Crippen LogP contribution in [-0.4, -0.2) is 27.0 Å². The quantitative estimate of drug-likeness (QED) is 0.486. The van der Waals surface area contributed by atoms with Crippen LogP contribution in [0.1, 0.15) is 29.5 Å². The van der Waals surface area contributed by atoms with Crippen LogP contribution >= 0.6 is 11.3 Å². The van der Waals surface area contributed by atoms with Crippen molar-refractivity contribution < 1.29 is 0 Å². The monoisotopic (exact) mass is 401 g/mol. The molecule has 0 spiro atoms. The number of hydrogen-bond donors (Lipinski definition) is 0. The molecule has 4 aromatic heterocycles. The number of pyridine rings is 2. The third kappa shape index (κ3) is 3.49. The number of fused-ring (bicyclic) bond motifs is 3. The van der Waals surface area contributed by atoms with Gasteiger partial charge in [0.2, 0.25) is 0 Å². The van der Waals surface area contributed by atoms with Crippen LogP contribution < -0.4 is 4.90 Å². The van der Waals surface area contributed by atoms with Crippen molar-refractivity contribution >= 4 is 27.4 Å². The minimum atomic E-state index is 0.709. The molecule has 1 aliphatic carbocycles. The van der Waals surface area contributed by atoms with Crippen LogP contribution in [0.25, 0.3) is 21.6 Å². The third-order valence-electron chi connectivity index (χ3n) is 5.54. The molecule has 0 radical (unpaired) electrons. The molecule has 0 N–H and O–H groups in total. The van der Waals surface area contributed by atoms with Crippen molar-refractivity contribution in [1.82, 2.24) is 19.9 Å². The van der Waals surface area contributed by atoms with E-state index >= 15 is 0 Å². The van der Waals surface area contributed by atoms with Gasteiger partial charge in [0.15, 0.2) is 5.82 Å². The summed E-state index contributed by atoms with van der Waals surface area (Å²) in [5, 5.41) is 1.22. The smallest absolute Gasteiger partial charge is 0.164 e. The molecule has 6 heteroatoms. The Balaban J connectivity index is 1.66. The second-order valence-electron chi connectivity index (χ2n) is 7.82. The maximum Gasteiger partial charge on any atom is 0.164 e. The molecule has 0 fully saturated rings. The fourth-order valence-electron chi connectivity index (χ4n) is 4.03. The minimum Gasteiger partial charge on any atom is -0.353 e. The van der Waals surface area contributed by atoms with E-state index in [4.69, 9.17) is 9.97 Å². The normalized spacial score (nSPS) is 16.0. The highest BCUT2D eigenvalue weighted by Gasteiger charge is 2.25. The Morgan fingerprint density at radius 1 is 1.14 bits per heavy atom. The predicted molar refractivity (Wildman–Crippen MR) is 118 cm³/mol. The highest BCUT2D eigenvalue weighted by atomic mass is 32.1. The molecule has 146 valence electrons. The second-order valence-corrected chi connectivity index (χ2v) is 8.91. The minimum absolute atomic E-state index is 0.709.